The zero-order valence-electron chi connectivity index (χ0n) is 13.1. The van der Waals surface area contributed by atoms with E-state index in [1.54, 1.807) is 29.6 Å². The molecular formula is C17H20NNaO4S2. The summed E-state index contributed by atoms with van der Waals surface area (Å²) in [4.78, 5) is 12.5. The number of rotatable bonds is 5. The molecule has 0 atom stereocenters. The van der Waals surface area contributed by atoms with Crippen molar-refractivity contribution in [2.45, 2.75) is 42.4 Å². The molecule has 1 aliphatic carbocycles. The Morgan fingerprint density at radius 3 is 2.48 bits per heavy atom. The van der Waals surface area contributed by atoms with Gasteiger partial charge in [0.15, 0.2) is 9.96 Å². The molecule has 0 saturated heterocycles. The van der Waals surface area contributed by atoms with Crippen molar-refractivity contribution in [2.24, 2.45) is 0 Å². The Balaban J connectivity index is 0.00000225. The van der Waals surface area contributed by atoms with E-state index in [0.29, 0.717) is 0 Å². The predicted octanol–water partition coefficient (Wildman–Crippen LogP) is 2.93. The van der Waals surface area contributed by atoms with Gasteiger partial charge in [-0.15, -0.1) is 11.3 Å². The molecule has 0 spiro atoms. The molecular weight excluding hydrogens is 369 g/mol. The monoisotopic (exact) mass is 389 g/mol. The van der Waals surface area contributed by atoms with Crippen LogP contribution in [0.15, 0.2) is 46.0 Å². The van der Waals surface area contributed by atoms with Crippen molar-refractivity contribution in [3.63, 3.8) is 0 Å². The Kier molecular flexibility index (Phi) is 7.51. The molecule has 1 amide bonds. The van der Waals surface area contributed by atoms with E-state index in [9.17, 15) is 13.2 Å². The summed E-state index contributed by atoms with van der Waals surface area (Å²) in [6.07, 6.45) is 5.33. The van der Waals surface area contributed by atoms with Gasteiger partial charge < -0.3 is 9.50 Å². The number of para-hydroxylation sites is 1. The number of carbonyl (C=O) groups excluding carboxylic acids is 1. The van der Waals surface area contributed by atoms with Crippen LogP contribution < -0.4 is 9.50 Å². The van der Waals surface area contributed by atoms with E-state index in [-0.39, 0.29) is 57.0 Å². The summed E-state index contributed by atoms with van der Waals surface area (Å²) in [5.41, 5.74) is 0.239. The first-order chi connectivity index (χ1) is 11.6. The maximum absolute atomic E-state index is 12.5. The third kappa shape index (κ3) is 5.31. The van der Waals surface area contributed by atoms with Crippen molar-refractivity contribution < 1.29 is 17.4 Å². The zero-order valence-corrected chi connectivity index (χ0v) is 14.7. The molecule has 1 aliphatic rings. The van der Waals surface area contributed by atoms with Gasteiger partial charge in [0.1, 0.15) is 0 Å². The number of carbonyl (C=O) groups is 1. The summed E-state index contributed by atoms with van der Waals surface area (Å²) >= 11 is 1.08. The second kappa shape index (κ2) is 9.19. The molecule has 5 nitrogen and oxygen atoms in total. The van der Waals surface area contributed by atoms with E-state index in [1.807, 2.05) is 0 Å². The molecule has 1 fully saturated rings. The topological polar surface area (TPSA) is 72.5 Å². The fourth-order valence-corrected chi connectivity index (χ4v) is 4.70. The third-order valence-electron chi connectivity index (χ3n) is 4.01. The van der Waals surface area contributed by atoms with Gasteiger partial charge in [-0.1, -0.05) is 37.5 Å². The van der Waals surface area contributed by atoms with Crippen molar-refractivity contribution in [1.29, 1.82) is 0 Å². The zero-order chi connectivity index (χ0) is 17.0. The molecule has 0 radical (unpaired) electrons. The van der Waals surface area contributed by atoms with Gasteiger partial charge in [-0.3, -0.25) is 4.79 Å². The summed E-state index contributed by atoms with van der Waals surface area (Å²) in [6.45, 7) is 0. The van der Waals surface area contributed by atoms with Crippen LogP contribution >= 0.6 is 11.3 Å². The van der Waals surface area contributed by atoms with Crippen LogP contribution in [-0.2, 0) is 10.1 Å². The summed E-state index contributed by atoms with van der Waals surface area (Å²) in [7, 11) is -3.92. The van der Waals surface area contributed by atoms with Crippen LogP contribution in [0.4, 0.5) is 0 Å². The third-order valence-corrected chi connectivity index (χ3v) is 6.60. The number of amides is 1. The van der Waals surface area contributed by atoms with Gasteiger partial charge in [0.2, 0.25) is 0 Å². The van der Waals surface area contributed by atoms with Gasteiger partial charge in [0.05, 0.1) is 5.56 Å². The maximum atomic E-state index is 12.5. The Hall–Kier alpha value is -0.860. The molecule has 1 heterocycles. The Morgan fingerprint density at radius 1 is 1.08 bits per heavy atom. The fourth-order valence-electron chi connectivity index (χ4n) is 2.80. The van der Waals surface area contributed by atoms with Crippen LogP contribution in [0, 0.1) is 0 Å². The quantitative estimate of drug-likeness (QED) is 0.630. The number of thiophene rings is 1. The Bertz CT molecular complexity index is 800. The molecule has 1 saturated carbocycles. The number of hydrogen-bond acceptors (Lipinski definition) is 5. The van der Waals surface area contributed by atoms with E-state index in [4.69, 9.17) is 4.18 Å². The first-order valence-electron chi connectivity index (χ1n) is 7.94. The van der Waals surface area contributed by atoms with Crippen molar-refractivity contribution >= 4 is 56.9 Å². The SMILES string of the molecule is O=C(NC1CCCCC1)c1ccccc1OS(=O)(=O)c1cccs1.[NaH]. The average molecular weight is 389 g/mol. The van der Waals surface area contributed by atoms with E-state index in [0.717, 1.165) is 37.0 Å². The Labute approximate surface area is 174 Å². The van der Waals surface area contributed by atoms with Gasteiger partial charge in [-0.05, 0) is 36.4 Å². The fraction of sp³-hybridized carbons (Fsp3) is 0.353. The van der Waals surface area contributed by atoms with Gasteiger partial charge in [0.25, 0.3) is 5.91 Å². The molecule has 25 heavy (non-hydrogen) atoms. The van der Waals surface area contributed by atoms with Crippen molar-refractivity contribution in [3.05, 3.63) is 47.3 Å². The van der Waals surface area contributed by atoms with Crippen molar-refractivity contribution in [2.75, 3.05) is 0 Å². The molecule has 0 bridgehead atoms. The standard InChI is InChI=1S/C17H19NO4S2.Na.H/c19-17(18-13-7-2-1-3-8-13)14-9-4-5-10-15(14)22-24(20,21)16-11-6-12-23-16;;/h4-6,9-13H,1-3,7-8H2,(H,18,19);;. The van der Waals surface area contributed by atoms with E-state index in [1.165, 1.54) is 18.6 Å². The van der Waals surface area contributed by atoms with Crippen LogP contribution in [0.5, 0.6) is 5.75 Å². The van der Waals surface area contributed by atoms with Crippen LogP contribution in [0.1, 0.15) is 42.5 Å². The van der Waals surface area contributed by atoms with Gasteiger partial charge in [0, 0.05) is 6.04 Å². The summed E-state index contributed by atoms with van der Waals surface area (Å²) in [6, 6.07) is 9.69. The molecule has 130 valence electrons. The first kappa shape index (κ1) is 20.5. The van der Waals surface area contributed by atoms with E-state index in [2.05, 4.69) is 5.32 Å². The minimum absolute atomic E-state index is 0. The number of hydrogen-bond donors (Lipinski definition) is 1. The first-order valence-corrected chi connectivity index (χ1v) is 10.2. The van der Waals surface area contributed by atoms with Crippen LogP contribution in [0.3, 0.4) is 0 Å². The van der Waals surface area contributed by atoms with Crippen molar-refractivity contribution in [1.82, 2.24) is 5.32 Å². The second-order valence-corrected chi connectivity index (χ2v) is 8.49. The minimum atomic E-state index is -3.92. The summed E-state index contributed by atoms with van der Waals surface area (Å²) < 4.78 is 29.9. The van der Waals surface area contributed by atoms with Crippen LogP contribution in [0.25, 0.3) is 0 Å². The predicted molar refractivity (Wildman–Crippen MR) is 100 cm³/mol. The molecule has 1 aromatic heterocycles. The molecule has 8 heteroatoms. The molecule has 0 unspecified atom stereocenters. The normalized spacial score (nSPS) is 15.2. The number of nitrogens with one attached hydrogen (secondary N) is 1. The van der Waals surface area contributed by atoms with Gasteiger partial charge in [-0.25, -0.2) is 0 Å². The van der Waals surface area contributed by atoms with Crippen molar-refractivity contribution in [3.8, 4) is 5.75 Å². The Morgan fingerprint density at radius 2 is 1.80 bits per heavy atom. The van der Waals surface area contributed by atoms with Gasteiger partial charge >= 0.3 is 39.7 Å². The summed E-state index contributed by atoms with van der Waals surface area (Å²) in [5.74, 6) is -0.238. The van der Waals surface area contributed by atoms with Gasteiger partial charge in [-0.2, -0.15) is 8.42 Å². The van der Waals surface area contributed by atoms with Crippen LogP contribution in [-0.4, -0.2) is 49.9 Å². The van der Waals surface area contributed by atoms with Crippen LogP contribution in [0.2, 0.25) is 0 Å². The average Bonchev–Trinajstić information content (AvgIpc) is 3.11. The molecule has 3 rings (SSSR count). The molecule has 0 aliphatic heterocycles. The second-order valence-electron chi connectivity index (χ2n) is 5.77. The molecule has 1 N–H and O–H groups in total. The molecule has 2 aromatic rings. The summed E-state index contributed by atoms with van der Waals surface area (Å²) in [5, 5.41) is 4.65. The van der Waals surface area contributed by atoms with E-state index >= 15 is 0 Å². The van der Waals surface area contributed by atoms with E-state index < -0.39 is 10.1 Å². The number of benzene rings is 1. The molecule has 1 aromatic carbocycles.